The van der Waals surface area contributed by atoms with Crippen LogP contribution >= 0.6 is 0 Å². The van der Waals surface area contributed by atoms with Crippen LogP contribution in [0, 0.1) is 6.92 Å². The van der Waals surface area contributed by atoms with Gasteiger partial charge >= 0.3 is 5.69 Å². The van der Waals surface area contributed by atoms with Gasteiger partial charge in [0.15, 0.2) is 5.65 Å². The lowest BCUT2D eigenvalue weighted by Crippen LogP contribution is -2.50. The predicted molar refractivity (Wildman–Crippen MR) is 167 cm³/mol. The number of hydrogen-bond acceptors (Lipinski definition) is 7. The Morgan fingerprint density at radius 2 is 1.47 bits per heavy atom. The lowest BCUT2D eigenvalue weighted by molar-refractivity contribution is 0.0726. The fourth-order valence-electron chi connectivity index (χ4n) is 6.27. The number of pyridine rings is 1. The van der Waals surface area contributed by atoms with Gasteiger partial charge < -0.3 is 14.9 Å². The van der Waals surface area contributed by atoms with E-state index in [1.165, 1.54) is 10.3 Å². The Balaban J connectivity index is 1.35. The summed E-state index contributed by atoms with van der Waals surface area (Å²) in [5.74, 6) is -0.228. The van der Waals surface area contributed by atoms with Gasteiger partial charge in [0.2, 0.25) is 0 Å². The molecule has 2 aromatic carbocycles. The number of carbonyl (C=O) groups excluding carboxylic acids is 1. The molecule has 0 saturated carbocycles. The molecule has 0 aliphatic carbocycles. The highest BCUT2D eigenvalue weighted by molar-refractivity contribution is 6.05. The molecule has 2 aliphatic heterocycles. The summed E-state index contributed by atoms with van der Waals surface area (Å²) in [4.78, 5) is 52.7. The molecular formula is C33H38N6O4. The van der Waals surface area contributed by atoms with Crippen molar-refractivity contribution >= 4 is 22.6 Å². The highest BCUT2D eigenvalue weighted by atomic mass is 16.3. The Labute approximate surface area is 250 Å². The van der Waals surface area contributed by atoms with Crippen molar-refractivity contribution in [3.8, 4) is 5.69 Å². The van der Waals surface area contributed by atoms with Gasteiger partial charge in [-0.3, -0.25) is 19.1 Å². The SMILES string of the molecule is Cc1cc(C(=O)N2CCCCC2)c2c(=O)n(-c3ccccc3)c(=O)n(CC(O)CN3CCN(c4ccccc4)CC3)c2n1. The zero-order valence-electron chi connectivity index (χ0n) is 24.6. The molecule has 0 spiro atoms. The Morgan fingerprint density at radius 1 is 0.837 bits per heavy atom. The predicted octanol–water partition coefficient (Wildman–Crippen LogP) is 2.67. The molecule has 1 atom stereocenters. The van der Waals surface area contributed by atoms with Gasteiger partial charge in [0.25, 0.3) is 11.5 Å². The van der Waals surface area contributed by atoms with Crippen LogP contribution in [0.1, 0.15) is 35.3 Å². The van der Waals surface area contributed by atoms with Crippen molar-refractivity contribution in [2.45, 2.75) is 38.8 Å². The number of benzene rings is 2. The first kappa shape index (κ1) is 28.8. The van der Waals surface area contributed by atoms with Crippen LogP contribution in [0.5, 0.6) is 0 Å². The summed E-state index contributed by atoms with van der Waals surface area (Å²) in [7, 11) is 0. The Bertz CT molecular complexity index is 1710. The number of nitrogens with zero attached hydrogens (tertiary/aromatic N) is 6. The number of β-amino-alcohol motifs (C(OH)–C–C–N with tert-alkyl or cyclic N) is 1. The molecule has 2 saturated heterocycles. The quantitative estimate of drug-likeness (QED) is 0.357. The van der Waals surface area contributed by atoms with Crippen molar-refractivity contribution in [1.29, 1.82) is 0 Å². The third-order valence-electron chi connectivity index (χ3n) is 8.47. The maximum atomic E-state index is 14.0. The zero-order chi connectivity index (χ0) is 29.9. The van der Waals surface area contributed by atoms with Crippen molar-refractivity contribution in [3.05, 3.63) is 98.8 Å². The fourth-order valence-corrected chi connectivity index (χ4v) is 6.27. The number of aliphatic hydroxyl groups excluding tert-OH is 1. The number of rotatable bonds is 7. The maximum absolute atomic E-state index is 14.0. The Kier molecular flexibility index (Phi) is 8.40. The van der Waals surface area contributed by atoms with E-state index in [4.69, 9.17) is 0 Å². The highest BCUT2D eigenvalue weighted by Crippen LogP contribution is 2.21. The monoisotopic (exact) mass is 582 g/mol. The third-order valence-corrected chi connectivity index (χ3v) is 8.47. The third kappa shape index (κ3) is 5.98. The summed E-state index contributed by atoms with van der Waals surface area (Å²) >= 11 is 0. The van der Waals surface area contributed by atoms with Gasteiger partial charge in [-0.25, -0.2) is 14.3 Å². The van der Waals surface area contributed by atoms with E-state index >= 15 is 0 Å². The second-order valence-electron chi connectivity index (χ2n) is 11.5. The van der Waals surface area contributed by atoms with Crippen molar-refractivity contribution in [2.75, 3.05) is 50.7 Å². The summed E-state index contributed by atoms with van der Waals surface area (Å²) in [5, 5.41) is 11.4. The maximum Gasteiger partial charge on any atom is 0.337 e. The Hall–Kier alpha value is -4.28. The second kappa shape index (κ2) is 12.5. The first-order chi connectivity index (χ1) is 20.9. The summed E-state index contributed by atoms with van der Waals surface area (Å²) in [6.07, 6.45) is 2.01. The molecule has 1 N–H and O–H groups in total. The number of amides is 1. The number of piperazine rings is 1. The first-order valence-electron chi connectivity index (χ1n) is 15.1. The van der Waals surface area contributed by atoms with Gasteiger partial charge in [-0.2, -0.15) is 0 Å². The van der Waals surface area contributed by atoms with E-state index in [9.17, 15) is 19.5 Å². The molecular weight excluding hydrogens is 544 g/mol. The van der Waals surface area contributed by atoms with Gasteiger partial charge in [0.1, 0.15) is 0 Å². The minimum Gasteiger partial charge on any atom is -0.390 e. The average molecular weight is 583 g/mol. The lowest BCUT2D eigenvalue weighted by atomic mass is 10.1. The second-order valence-corrected chi connectivity index (χ2v) is 11.5. The molecule has 4 aromatic rings. The van der Waals surface area contributed by atoms with Crippen molar-refractivity contribution in [1.82, 2.24) is 23.9 Å². The minimum atomic E-state index is -0.894. The Morgan fingerprint density at radius 3 is 2.12 bits per heavy atom. The average Bonchev–Trinajstić information content (AvgIpc) is 3.04. The van der Waals surface area contributed by atoms with E-state index in [1.807, 2.05) is 24.3 Å². The van der Waals surface area contributed by atoms with Crippen LogP contribution < -0.4 is 16.1 Å². The number of fused-ring (bicyclic) bond motifs is 1. The van der Waals surface area contributed by atoms with Gasteiger partial charge in [0, 0.05) is 57.2 Å². The van der Waals surface area contributed by atoms with Crippen molar-refractivity contribution in [2.24, 2.45) is 0 Å². The molecule has 2 aromatic heterocycles. The van der Waals surface area contributed by atoms with E-state index in [0.717, 1.165) is 50.0 Å². The summed E-state index contributed by atoms with van der Waals surface area (Å²) in [6, 6.07) is 20.6. The lowest BCUT2D eigenvalue weighted by Gasteiger charge is -2.37. The summed E-state index contributed by atoms with van der Waals surface area (Å²) in [6.45, 7) is 6.54. The zero-order valence-corrected chi connectivity index (χ0v) is 24.6. The molecule has 10 nitrogen and oxygen atoms in total. The molecule has 224 valence electrons. The topological polar surface area (TPSA) is 104 Å². The van der Waals surface area contributed by atoms with E-state index in [0.29, 0.717) is 31.0 Å². The number of aryl methyl sites for hydroxylation is 1. The summed E-state index contributed by atoms with van der Waals surface area (Å²) in [5.41, 5.74) is 1.32. The first-order valence-corrected chi connectivity index (χ1v) is 15.1. The molecule has 43 heavy (non-hydrogen) atoms. The van der Waals surface area contributed by atoms with Crippen molar-refractivity contribution in [3.63, 3.8) is 0 Å². The van der Waals surface area contributed by atoms with Gasteiger partial charge in [-0.15, -0.1) is 0 Å². The number of anilines is 1. The molecule has 10 heteroatoms. The number of carbonyl (C=O) groups is 1. The number of hydrogen-bond donors (Lipinski definition) is 1. The molecule has 6 rings (SSSR count). The van der Waals surface area contributed by atoms with Gasteiger partial charge in [0.05, 0.1) is 29.3 Å². The van der Waals surface area contributed by atoms with E-state index in [-0.39, 0.29) is 29.0 Å². The van der Waals surface area contributed by atoms with Gasteiger partial charge in [-0.1, -0.05) is 36.4 Å². The molecule has 2 aliphatic rings. The summed E-state index contributed by atoms with van der Waals surface area (Å²) < 4.78 is 2.46. The number of likely N-dealkylation sites (tertiary alicyclic amines) is 1. The largest absolute Gasteiger partial charge is 0.390 e. The van der Waals surface area contributed by atoms with Crippen LogP contribution in [-0.4, -0.2) is 86.8 Å². The van der Waals surface area contributed by atoms with Crippen LogP contribution in [0.3, 0.4) is 0 Å². The normalized spacial score (nSPS) is 16.9. The molecule has 0 radical (unpaired) electrons. The van der Waals surface area contributed by atoms with Crippen LogP contribution in [0.2, 0.25) is 0 Å². The number of piperidine rings is 1. The van der Waals surface area contributed by atoms with Crippen molar-refractivity contribution < 1.29 is 9.90 Å². The standard InChI is InChI=1S/C33H38N6O4/c1-24-21-28(31(41)37-15-9-4-10-16-37)29-30(34-24)38(33(43)39(32(29)42)26-13-7-3-8-14-26)23-27(40)22-35-17-19-36(20-18-35)25-11-5-2-6-12-25/h2-3,5-8,11-14,21,27,40H,4,9-10,15-20,22-23H2,1H3. The van der Waals surface area contributed by atoms with E-state index in [2.05, 4.69) is 26.9 Å². The smallest absolute Gasteiger partial charge is 0.337 e. The van der Waals surface area contributed by atoms with Crippen LogP contribution in [0.15, 0.2) is 76.3 Å². The molecule has 1 unspecified atom stereocenters. The number of aliphatic hydroxyl groups is 1. The van der Waals surface area contributed by atoms with E-state index in [1.54, 1.807) is 42.2 Å². The van der Waals surface area contributed by atoms with Crippen LogP contribution in [0.25, 0.3) is 16.7 Å². The van der Waals surface area contributed by atoms with Gasteiger partial charge in [-0.05, 0) is 56.5 Å². The number of para-hydroxylation sites is 2. The minimum absolute atomic E-state index is 0.0604. The fraction of sp³-hybridized carbons (Fsp3) is 0.394. The van der Waals surface area contributed by atoms with Crippen LogP contribution in [0.4, 0.5) is 5.69 Å². The van der Waals surface area contributed by atoms with Crippen LogP contribution in [-0.2, 0) is 6.54 Å². The van der Waals surface area contributed by atoms with E-state index < -0.39 is 17.4 Å². The highest BCUT2D eigenvalue weighted by Gasteiger charge is 2.27. The molecule has 1 amide bonds. The molecule has 2 fully saturated rings. The molecule has 4 heterocycles. The number of aromatic nitrogens is 3. The molecule has 0 bridgehead atoms.